The number of amides is 1. The van der Waals surface area contributed by atoms with E-state index in [1.54, 1.807) is 54.7 Å². The minimum Gasteiger partial charge on any atom is -0.497 e. The molecule has 2 aromatic carbocycles. The van der Waals surface area contributed by atoms with Crippen LogP contribution in [0.5, 0.6) is 11.5 Å². The lowest BCUT2D eigenvalue weighted by atomic mass is 10.1. The first-order valence-electron chi connectivity index (χ1n) is 9.34. The fourth-order valence-corrected chi connectivity index (χ4v) is 3.38. The Labute approximate surface area is 193 Å². The highest BCUT2D eigenvalue weighted by Crippen LogP contribution is 2.32. The fourth-order valence-electron chi connectivity index (χ4n) is 2.97. The van der Waals surface area contributed by atoms with Crippen LogP contribution in [0.4, 0.5) is 5.69 Å². The quantitative estimate of drug-likeness (QED) is 0.407. The van der Waals surface area contributed by atoms with Gasteiger partial charge in [-0.3, -0.25) is 10.1 Å². The number of hydrogen-bond donors (Lipinski definition) is 2. The molecule has 2 N–H and O–H groups in total. The van der Waals surface area contributed by atoms with Gasteiger partial charge in [-0.1, -0.05) is 11.6 Å². The Balaban J connectivity index is 1.51. The van der Waals surface area contributed by atoms with Gasteiger partial charge < -0.3 is 19.2 Å². The van der Waals surface area contributed by atoms with Crippen LogP contribution in [0.15, 0.2) is 59.1 Å². The van der Waals surface area contributed by atoms with Crippen molar-refractivity contribution in [1.29, 1.82) is 0 Å². The lowest BCUT2D eigenvalue weighted by Gasteiger charge is -2.13. The lowest BCUT2D eigenvalue weighted by molar-refractivity contribution is 0.0974. The van der Waals surface area contributed by atoms with Gasteiger partial charge in [0.15, 0.2) is 16.3 Å². The first kappa shape index (κ1) is 21.5. The summed E-state index contributed by atoms with van der Waals surface area (Å²) in [4.78, 5) is 21.2. The number of ether oxygens (including phenoxy) is 2. The first-order chi connectivity index (χ1) is 15.5. The largest absolute Gasteiger partial charge is 0.497 e. The van der Waals surface area contributed by atoms with Crippen molar-refractivity contribution >= 4 is 51.8 Å². The topological polar surface area (TPSA) is 98.5 Å². The summed E-state index contributed by atoms with van der Waals surface area (Å²) in [6.45, 7) is 0. The summed E-state index contributed by atoms with van der Waals surface area (Å²) in [7, 11) is 3.00. The molecule has 4 rings (SSSR count). The smallest absolute Gasteiger partial charge is 0.261 e. The Hall–Kier alpha value is -3.69. The molecule has 0 saturated heterocycles. The summed E-state index contributed by atoms with van der Waals surface area (Å²) in [5.74, 6) is 0.830. The number of pyridine rings is 1. The van der Waals surface area contributed by atoms with Gasteiger partial charge in [-0.15, -0.1) is 0 Å². The number of halogens is 1. The maximum atomic E-state index is 12.7. The second kappa shape index (κ2) is 9.21. The third-order valence-electron chi connectivity index (χ3n) is 4.50. The van der Waals surface area contributed by atoms with E-state index in [0.717, 1.165) is 0 Å². The Kier molecular flexibility index (Phi) is 6.20. The summed E-state index contributed by atoms with van der Waals surface area (Å²) < 4.78 is 16.2. The number of hydrogen-bond acceptors (Lipinski definition) is 7. The van der Waals surface area contributed by atoms with Crippen molar-refractivity contribution in [2.75, 3.05) is 19.5 Å². The molecule has 10 heteroatoms. The van der Waals surface area contributed by atoms with Crippen LogP contribution < -0.4 is 20.1 Å². The van der Waals surface area contributed by atoms with Gasteiger partial charge in [0.05, 0.1) is 30.4 Å². The number of carbonyl (C=O) groups is 1. The van der Waals surface area contributed by atoms with Gasteiger partial charge in [0.25, 0.3) is 5.91 Å². The Morgan fingerprint density at radius 1 is 1.12 bits per heavy atom. The zero-order valence-electron chi connectivity index (χ0n) is 17.0. The predicted octanol–water partition coefficient (Wildman–Crippen LogP) is 4.69. The maximum absolute atomic E-state index is 12.7. The summed E-state index contributed by atoms with van der Waals surface area (Å²) in [5, 5.41) is 6.14. The lowest BCUT2D eigenvalue weighted by Crippen LogP contribution is -2.34. The Morgan fingerprint density at radius 2 is 1.97 bits per heavy atom. The van der Waals surface area contributed by atoms with Gasteiger partial charge in [-0.2, -0.15) is 4.98 Å². The highest BCUT2D eigenvalue weighted by molar-refractivity contribution is 7.80. The van der Waals surface area contributed by atoms with E-state index < -0.39 is 5.91 Å². The first-order valence-corrected chi connectivity index (χ1v) is 10.1. The van der Waals surface area contributed by atoms with E-state index in [9.17, 15) is 4.79 Å². The maximum Gasteiger partial charge on any atom is 0.261 e. The molecule has 0 atom stereocenters. The van der Waals surface area contributed by atoms with E-state index >= 15 is 0 Å². The number of benzene rings is 2. The van der Waals surface area contributed by atoms with Crippen LogP contribution in [0.1, 0.15) is 10.4 Å². The molecule has 0 aliphatic carbocycles. The molecule has 0 aliphatic rings. The third kappa shape index (κ3) is 4.48. The highest BCUT2D eigenvalue weighted by Gasteiger charge is 2.16. The van der Waals surface area contributed by atoms with Gasteiger partial charge in [0.1, 0.15) is 11.5 Å². The van der Waals surface area contributed by atoms with Crippen LogP contribution in [0, 0.1) is 0 Å². The zero-order chi connectivity index (χ0) is 22.7. The van der Waals surface area contributed by atoms with Crippen molar-refractivity contribution in [1.82, 2.24) is 15.3 Å². The number of rotatable bonds is 5. The molecular formula is C22H17ClN4O4S. The number of oxazole rings is 1. The normalized spacial score (nSPS) is 10.6. The van der Waals surface area contributed by atoms with Crippen molar-refractivity contribution in [3.05, 3.63) is 65.3 Å². The molecule has 4 aromatic rings. The minimum absolute atomic E-state index is 0.0976. The number of anilines is 1. The molecule has 8 nitrogen and oxygen atoms in total. The van der Waals surface area contributed by atoms with Crippen molar-refractivity contribution in [3.8, 4) is 23.0 Å². The number of thiocarbonyl (C=S) groups is 1. The van der Waals surface area contributed by atoms with Crippen molar-refractivity contribution < 1.29 is 18.7 Å². The van der Waals surface area contributed by atoms with Crippen LogP contribution in [-0.4, -0.2) is 35.2 Å². The molecule has 0 unspecified atom stereocenters. The van der Waals surface area contributed by atoms with Crippen LogP contribution in [0.25, 0.3) is 22.7 Å². The van der Waals surface area contributed by atoms with E-state index in [4.69, 9.17) is 37.7 Å². The van der Waals surface area contributed by atoms with E-state index in [1.807, 2.05) is 0 Å². The SMILES string of the molecule is COc1ccc(C(=O)NC(=S)Nc2ccc(Cl)c(-c3nc4ncccc4o3)c2)c(OC)c1. The number of methoxy groups -OCH3 is 2. The van der Waals surface area contributed by atoms with Crippen molar-refractivity contribution in [2.24, 2.45) is 0 Å². The second-order valence-electron chi connectivity index (χ2n) is 6.51. The summed E-state index contributed by atoms with van der Waals surface area (Å²) >= 11 is 11.6. The summed E-state index contributed by atoms with van der Waals surface area (Å²) in [6.07, 6.45) is 1.63. The Morgan fingerprint density at radius 3 is 2.72 bits per heavy atom. The molecule has 0 saturated carbocycles. The van der Waals surface area contributed by atoms with Gasteiger partial charge in [0.2, 0.25) is 5.89 Å². The van der Waals surface area contributed by atoms with Gasteiger partial charge in [-0.25, -0.2) is 4.98 Å². The predicted molar refractivity (Wildman–Crippen MR) is 125 cm³/mol. The number of aromatic nitrogens is 2. The van der Waals surface area contributed by atoms with Gasteiger partial charge >= 0.3 is 0 Å². The zero-order valence-corrected chi connectivity index (χ0v) is 18.6. The van der Waals surface area contributed by atoms with E-state index in [1.165, 1.54) is 14.2 Å². The second-order valence-corrected chi connectivity index (χ2v) is 7.33. The molecule has 0 spiro atoms. The average Bonchev–Trinajstić information content (AvgIpc) is 3.23. The minimum atomic E-state index is -0.429. The van der Waals surface area contributed by atoms with Crippen LogP contribution in [0.2, 0.25) is 5.02 Å². The average molecular weight is 469 g/mol. The molecule has 0 bridgehead atoms. The molecular weight excluding hydrogens is 452 g/mol. The fraction of sp³-hybridized carbons (Fsp3) is 0.0909. The molecule has 1 amide bonds. The third-order valence-corrected chi connectivity index (χ3v) is 5.03. The molecule has 32 heavy (non-hydrogen) atoms. The number of fused-ring (bicyclic) bond motifs is 1. The summed E-state index contributed by atoms with van der Waals surface area (Å²) in [6, 6.07) is 13.5. The molecule has 162 valence electrons. The monoisotopic (exact) mass is 468 g/mol. The summed E-state index contributed by atoms with van der Waals surface area (Å²) in [5.41, 5.74) is 2.49. The van der Waals surface area contributed by atoms with Crippen LogP contribution in [0.3, 0.4) is 0 Å². The number of carbonyl (C=O) groups excluding carboxylic acids is 1. The molecule has 0 fully saturated rings. The number of nitrogens with one attached hydrogen (secondary N) is 2. The van der Waals surface area contributed by atoms with E-state index in [-0.39, 0.29) is 5.11 Å². The van der Waals surface area contributed by atoms with Crippen molar-refractivity contribution in [3.63, 3.8) is 0 Å². The molecule has 0 radical (unpaired) electrons. The van der Waals surface area contributed by atoms with E-state index in [2.05, 4.69) is 20.6 Å². The molecule has 0 aliphatic heterocycles. The van der Waals surface area contributed by atoms with E-state index in [0.29, 0.717) is 50.5 Å². The highest BCUT2D eigenvalue weighted by atomic mass is 35.5. The van der Waals surface area contributed by atoms with Crippen LogP contribution in [-0.2, 0) is 0 Å². The van der Waals surface area contributed by atoms with Gasteiger partial charge in [-0.05, 0) is 54.7 Å². The Bertz CT molecular complexity index is 1290. The van der Waals surface area contributed by atoms with Crippen molar-refractivity contribution in [2.45, 2.75) is 0 Å². The van der Waals surface area contributed by atoms with Gasteiger partial charge in [0, 0.05) is 18.0 Å². The standard InChI is InChI=1S/C22H17ClN4O4S/c1-29-13-6-7-14(18(11-13)30-2)20(28)27-22(32)25-12-5-8-16(23)15(10-12)21-26-19-17(31-21)4-3-9-24-19/h3-11H,1-2H3,(H2,25,27,28,32). The van der Waals surface area contributed by atoms with Crippen LogP contribution >= 0.6 is 23.8 Å². The molecule has 2 heterocycles. The molecule has 2 aromatic heterocycles. The number of nitrogens with zero attached hydrogens (tertiary/aromatic N) is 2.